The lowest BCUT2D eigenvalue weighted by atomic mass is 10.1. The number of nitrogens with zero attached hydrogens (tertiary/aromatic N) is 7. The molecule has 2 unspecified atom stereocenters. The third-order valence-electron chi connectivity index (χ3n) is 7.11. The molecule has 0 spiro atoms. The van der Waals surface area contributed by atoms with Crippen LogP contribution in [0.3, 0.4) is 0 Å². The summed E-state index contributed by atoms with van der Waals surface area (Å²) in [4.78, 5) is 40.0. The smallest absolute Gasteiger partial charge is 0.415 e. The van der Waals surface area contributed by atoms with Gasteiger partial charge in [-0.1, -0.05) is 0 Å². The number of ether oxygens (including phenoxy) is 3. The largest absolute Gasteiger partial charge is 0.492 e. The average molecular weight is 539 g/mol. The molecule has 1 N–H and O–H groups in total. The Morgan fingerprint density at radius 3 is 3.03 bits per heavy atom. The molecule has 2 aliphatic heterocycles. The van der Waals surface area contributed by atoms with E-state index in [4.69, 9.17) is 14.2 Å². The zero-order valence-electron chi connectivity index (χ0n) is 21.2. The van der Waals surface area contributed by atoms with Gasteiger partial charge >= 0.3 is 6.09 Å². The van der Waals surface area contributed by atoms with Crippen molar-refractivity contribution in [3.63, 3.8) is 0 Å². The second kappa shape index (κ2) is 10.4. The van der Waals surface area contributed by atoms with Gasteiger partial charge in [-0.05, 0) is 43.5 Å². The number of hydrogen-bond donors (Lipinski definition) is 1. The molecule has 4 heterocycles. The Morgan fingerprint density at radius 2 is 2.18 bits per heavy atom. The number of cyclic esters (lactones) is 1. The van der Waals surface area contributed by atoms with Crippen LogP contribution in [0.25, 0.3) is 0 Å². The fourth-order valence-electron chi connectivity index (χ4n) is 5.02. The number of nitrogens with one attached hydrogen (secondary N) is 1. The zero-order chi connectivity index (χ0) is 26.9. The fourth-order valence-corrected chi connectivity index (χ4v) is 5.02. The monoisotopic (exact) mass is 538 g/mol. The van der Waals surface area contributed by atoms with E-state index in [2.05, 4.69) is 30.3 Å². The lowest BCUT2D eigenvalue weighted by Crippen LogP contribution is -2.35. The van der Waals surface area contributed by atoms with Gasteiger partial charge in [-0.25, -0.2) is 28.8 Å². The summed E-state index contributed by atoms with van der Waals surface area (Å²) in [6, 6.07) is 3.48. The molecule has 6 rings (SSSR count). The summed E-state index contributed by atoms with van der Waals surface area (Å²) in [6.07, 6.45) is 5.53. The molecule has 204 valence electrons. The van der Waals surface area contributed by atoms with Crippen LogP contribution in [0.5, 0.6) is 11.6 Å². The van der Waals surface area contributed by atoms with E-state index in [-0.39, 0.29) is 48.0 Å². The molecule has 2 aromatic heterocycles. The Balaban J connectivity index is 1.01. The molecule has 0 radical (unpaired) electrons. The maximum Gasteiger partial charge on any atom is 0.415 e. The van der Waals surface area contributed by atoms with Gasteiger partial charge in [0.25, 0.3) is 11.8 Å². The highest BCUT2D eigenvalue weighted by molar-refractivity contribution is 5.94. The molecule has 1 aliphatic carbocycles. The van der Waals surface area contributed by atoms with Gasteiger partial charge in [-0.3, -0.25) is 9.69 Å². The Hall–Kier alpha value is -4.33. The summed E-state index contributed by atoms with van der Waals surface area (Å²) < 4.78 is 33.1. The van der Waals surface area contributed by atoms with Gasteiger partial charge in [-0.15, -0.1) is 0 Å². The number of amides is 2. The first kappa shape index (κ1) is 25.0. The Morgan fingerprint density at radius 1 is 1.28 bits per heavy atom. The van der Waals surface area contributed by atoms with Gasteiger partial charge in [-0.2, -0.15) is 5.10 Å². The average Bonchev–Trinajstić information content (AvgIpc) is 3.67. The van der Waals surface area contributed by atoms with Crippen LogP contribution in [0.2, 0.25) is 0 Å². The number of likely N-dealkylation sites (N-methyl/N-ethyl adjacent to an activating group) is 1. The quantitative estimate of drug-likeness (QED) is 0.426. The van der Waals surface area contributed by atoms with Crippen LogP contribution < -0.4 is 19.7 Å². The summed E-state index contributed by atoms with van der Waals surface area (Å²) in [5.74, 6) is 0.581. The topological polar surface area (TPSA) is 137 Å². The highest BCUT2D eigenvalue weighted by Gasteiger charge is 2.35. The highest BCUT2D eigenvalue weighted by atomic mass is 19.1. The Bertz CT molecular complexity index is 1390. The van der Waals surface area contributed by atoms with Crippen LogP contribution in [0, 0.1) is 5.82 Å². The fraction of sp³-hybridized carbons (Fsp3) is 0.440. The first-order valence-corrected chi connectivity index (χ1v) is 12.7. The first-order chi connectivity index (χ1) is 18.9. The zero-order valence-corrected chi connectivity index (χ0v) is 21.2. The minimum Gasteiger partial charge on any atom is -0.492 e. The molecule has 2 atom stereocenters. The molecule has 1 saturated heterocycles. The number of carbonyl (C=O) groups excluding carboxylic acids is 2. The van der Waals surface area contributed by atoms with Gasteiger partial charge in [0.2, 0.25) is 0 Å². The van der Waals surface area contributed by atoms with Crippen LogP contribution in [0.15, 0.2) is 31.0 Å². The second-order valence-corrected chi connectivity index (χ2v) is 9.72. The third-order valence-corrected chi connectivity index (χ3v) is 7.11. The van der Waals surface area contributed by atoms with E-state index in [1.54, 1.807) is 11.0 Å². The van der Waals surface area contributed by atoms with Crippen LogP contribution in [0.4, 0.5) is 20.8 Å². The van der Waals surface area contributed by atoms with E-state index in [9.17, 15) is 14.0 Å². The first-order valence-electron chi connectivity index (χ1n) is 12.7. The van der Waals surface area contributed by atoms with Crippen molar-refractivity contribution in [2.75, 3.05) is 43.6 Å². The number of halogens is 1. The minimum atomic E-state index is -0.522. The summed E-state index contributed by atoms with van der Waals surface area (Å²) in [5.41, 5.74) is 1.67. The number of fused-ring (bicyclic) bond motifs is 2. The number of carbonyl (C=O) groups is 2. The minimum absolute atomic E-state index is 0.124. The number of benzene rings is 1. The molecule has 3 aliphatic rings. The summed E-state index contributed by atoms with van der Waals surface area (Å²) in [6.45, 7) is 1.73. The molecule has 1 aromatic carbocycles. The van der Waals surface area contributed by atoms with Crippen LogP contribution >= 0.6 is 0 Å². The normalized spacial score (nSPS) is 19.9. The van der Waals surface area contributed by atoms with Crippen molar-refractivity contribution in [3.8, 4) is 11.6 Å². The molecule has 1 fully saturated rings. The molecule has 14 heteroatoms. The molecule has 0 saturated carbocycles. The standard InChI is InChI=1S/C25H27FN8O5/c1-32(16-6-15-7-18(9-20(26)19(15)8-16)37-5-4-33-14-27-13-29-33)3-2-17-11-34(25(36)39-17)21-10-28-24-23(30-21)31-22(35)12-38-24/h7,9-10,13-14,16-17H,2-6,8,11-12H2,1H3,(H,30,31,35). The van der Waals surface area contributed by atoms with E-state index >= 15 is 0 Å². The van der Waals surface area contributed by atoms with Crippen molar-refractivity contribution in [3.05, 3.63) is 47.9 Å². The third kappa shape index (κ3) is 5.32. The van der Waals surface area contributed by atoms with Crippen molar-refractivity contribution in [2.24, 2.45) is 0 Å². The van der Waals surface area contributed by atoms with Gasteiger partial charge in [0, 0.05) is 18.7 Å². The second-order valence-electron chi connectivity index (χ2n) is 9.72. The predicted octanol–water partition coefficient (Wildman–Crippen LogP) is 1.43. The molecule has 0 bridgehead atoms. The van der Waals surface area contributed by atoms with Crippen molar-refractivity contribution in [1.29, 1.82) is 0 Å². The molecular weight excluding hydrogens is 511 g/mol. The van der Waals surface area contributed by atoms with Crippen LogP contribution in [-0.2, 0) is 28.9 Å². The summed E-state index contributed by atoms with van der Waals surface area (Å²) >= 11 is 0. The molecule has 2 amide bonds. The molecule has 3 aromatic rings. The van der Waals surface area contributed by atoms with Crippen LogP contribution in [-0.4, -0.2) is 87.1 Å². The van der Waals surface area contributed by atoms with E-state index in [0.29, 0.717) is 51.3 Å². The van der Waals surface area contributed by atoms with Gasteiger partial charge in [0.1, 0.15) is 36.9 Å². The Kier molecular flexibility index (Phi) is 6.69. The van der Waals surface area contributed by atoms with E-state index in [1.165, 1.54) is 23.5 Å². The van der Waals surface area contributed by atoms with Gasteiger partial charge < -0.3 is 24.4 Å². The maximum absolute atomic E-state index is 14.9. The number of anilines is 2. The lowest BCUT2D eigenvalue weighted by molar-refractivity contribution is -0.118. The van der Waals surface area contributed by atoms with Crippen molar-refractivity contribution < 1.29 is 28.2 Å². The van der Waals surface area contributed by atoms with Crippen LogP contribution in [0.1, 0.15) is 17.5 Å². The van der Waals surface area contributed by atoms with Gasteiger partial charge in [0.05, 0.1) is 19.3 Å². The number of hydrogen-bond acceptors (Lipinski definition) is 10. The molecule has 13 nitrogen and oxygen atoms in total. The lowest BCUT2D eigenvalue weighted by Gasteiger charge is -2.25. The molecule has 39 heavy (non-hydrogen) atoms. The van der Waals surface area contributed by atoms with E-state index in [1.807, 2.05) is 13.1 Å². The number of rotatable bonds is 9. The molecular formula is C25H27FN8O5. The van der Waals surface area contributed by atoms with Crippen molar-refractivity contribution in [1.82, 2.24) is 29.6 Å². The summed E-state index contributed by atoms with van der Waals surface area (Å²) in [5, 5.41) is 6.62. The number of aromatic nitrogens is 5. The maximum atomic E-state index is 14.9. The van der Waals surface area contributed by atoms with E-state index in [0.717, 1.165) is 11.1 Å². The predicted molar refractivity (Wildman–Crippen MR) is 134 cm³/mol. The van der Waals surface area contributed by atoms with Gasteiger partial charge in [0.15, 0.2) is 18.2 Å². The summed E-state index contributed by atoms with van der Waals surface area (Å²) in [7, 11) is 2.00. The van der Waals surface area contributed by atoms with E-state index < -0.39 is 6.09 Å². The Labute approximate surface area is 222 Å². The van der Waals surface area contributed by atoms with Crippen molar-refractivity contribution >= 4 is 23.6 Å². The SMILES string of the molecule is CN(CCC1CN(c2cnc3c(n2)NC(=O)CO3)C(=O)O1)C1Cc2cc(OCCn3cncn3)cc(F)c2C1. The van der Waals surface area contributed by atoms with Crippen molar-refractivity contribution in [2.45, 2.75) is 38.0 Å². The highest BCUT2D eigenvalue weighted by Crippen LogP contribution is 2.32.